The molecular weight excluding hydrogens is 553 g/mol. The molecule has 6 rings (SSSR count). The molecule has 5 aromatic carbocycles. The van der Waals surface area contributed by atoms with Crippen molar-refractivity contribution in [1.29, 1.82) is 0 Å². The van der Waals surface area contributed by atoms with Crippen molar-refractivity contribution >= 4 is 22.7 Å². The highest BCUT2D eigenvalue weighted by molar-refractivity contribution is 8.01. The van der Waals surface area contributed by atoms with Crippen LogP contribution in [0.3, 0.4) is 0 Å². The molecule has 2 unspecified atom stereocenters. The molecule has 1 aliphatic rings. The SMILES string of the molecule is Cc1cc([S+](C2=CCC(Oc3ccccc3)C=C2)c2ccccc2C)ccc1Sc1ccc(Oc2ccccc2)cc1. The Labute approximate surface area is 256 Å². The third-order valence-corrected chi connectivity index (χ3v) is 10.6. The predicted octanol–water partition coefficient (Wildman–Crippen LogP) is 10.6. The lowest BCUT2D eigenvalue weighted by Gasteiger charge is -2.19. The molecular formula is C38H33O2S2+. The summed E-state index contributed by atoms with van der Waals surface area (Å²) in [6, 6.07) is 44.0. The summed E-state index contributed by atoms with van der Waals surface area (Å²) in [5, 5.41) is 0. The summed E-state index contributed by atoms with van der Waals surface area (Å²) < 4.78 is 12.2. The molecule has 0 bridgehead atoms. The summed E-state index contributed by atoms with van der Waals surface area (Å²) in [5.41, 5.74) is 2.59. The largest absolute Gasteiger partial charge is 0.486 e. The van der Waals surface area contributed by atoms with Crippen LogP contribution in [0.15, 0.2) is 170 Å². The Bertz CT molecular complexity index is 1690. The van der Waals surface area contributed by atoms with Crippen LogP contribution in [-0.2, 0) is 10.9 Å². The predicted molar refractivity (Wildman–Crippen MR) is 176 cm³/mol. The molecule has 2 atom stereocenters. The number of rotatable bonds is 9. The minimum Gasteiger partial charge on any atom is -0.486 e. The van der Waals surface area contributed by atoms with Gasteiger partial charge in [-0.15, -0.1) is 0 Å². The number of allylic oxidation sites excluding steroid dienone is 1. The zero-order valence-corrected chi connectivity index (χ0v) is 25.4. The molecule has 208 valence electrons. The zero-order valence-electron chi connectivity index (χ0n) is 23.8. The number of benzene rings is 5. The highest BCUT2D eigenvalue weighted by Crippen LogP contribution is 2.38. The van der Waals surface area contributed by atoms with Gasteiger partial charge in [0.1, 0.15) is 23.4 Å². The van der Waals surface area contributed by atoms with Crippen LogP contribution in [-0.4, -0.2) is 6.10 Å². The molecule has 0 aliphatic heterocycles. The van der Waals surface area contributed by atoms with Crippen molar-refractivity contribution in [2.45, 2.75) is 46.0 Å². The smallest absolute Gasteiger partial charge is 0.169 e. The van der Waals surface area contributed by atoms with Crippen molar-refractivity contribution in [3.8, 4) is 17.2 Å². The Morgan fingerprint density at radius 1 is 0.667 bits per heavy atom. The molecule has 0 N–H and O–H groups in total. The van der Waals surface area contributed by atoms with Gasteiger partial charge in [-0.05, 0) is 110 Å². The van der Waals surface area contributed by atoms with Gasteiger partial charge in [0.15, 0.2) is 14.7 Å². The van der Waals surface area contributed by atoms with E-state index in [1.807, 2.05) is 72.8 Å². The minimum absolute atomic E-state index is 0.0449. The van der Waals surface area contributed by atoms with Gasteiger partial charge in [0.05, 0.1) is 10.9 Å². The maximum absolute atomic E-state index is 6.21. The molecule has 0 radical (unpaired) electrons. The summed E-state index contributed by atoms with van der Waals surface area (Å²) in [4.78, 5) is 6.48. The van der Waals surface area contributed by atoms with E-state index < -0.39 is 0 Å². The Balaban J connectivity index is 1.21. The number of ether oxygens (including phenoxy) is 2. The Hall–Kier alpha value is -4.12. The van der Waals surface area contributed by atoms with Crippen LogP contribution in [0, 0.1) is 13.8 Å². The Morgan fingerprint density at radius 3 is 2.00 bits per heavy atom. The highest BCUT2D eigenvalue weighted by Gasteiger charge is 2.33. The van der Waals surface area contributed by atoms with Gasteiger partial charge >= 0.3 is 0 Å². The summed E-state index contributed by atoms with van der Waals surface area (Å²) >= 11 is 1.79. The standard InChI is InChI=1S/C38H33O2S2/c1-28-11-9-10-16-38(28)42(35-23-19-33(20-24-35)40-31-14-7-4-8-15-31)36-25-26-37(29(2)27-36)41-34-21-17-32(18-22-34)39-30-12-5-3-6-13-30/h3-19,21-27,33H,20H2,1-2H3/q+1. The van der Waals surface area contributed by atoms with Gasteiger partial charge in [0, 0.05) is 21.8 Å². The van der Waals surface area contributed by atoms with E-state index >= 15 is 0 Å². The quantitative estimate of drug-likeness (QED) is 0.160. The van der Waals surface area contributed by atoms with Crippen molar-refractivity contribution in [3.63, 3.8) is 0 Å². The molecule has 4 heteroatoms. The molecule has 0 fully saturated rings. The van der Waals surface area contributed by atoms with E-state index in [4.69, 9.17) is 9.47 Å². The van der Waals surface area contributed by atoms with Crippen molar-refractivity contribution in [2.75, 3.05) is 0 Å². The fourth-order valence-corrected chi connectivity index (χ4v) is 8.10. The summed E-state index contributed by atoms with van der Waals surface area (Å²) in [6.45, 7) is 4.43. The fraction of sp³-hybridized carbons (Fsp3) is 0.105. The van der Waals surface area contributed by atoms with E-state index in [0.29, 0.717) is 0 Å². The van der Waals surface area contributed by atoms with Crippen LogP contribution in [0.5, 0.6) is 17.2 Å². The number of hydrogen-bond donors (Lipinski definition) is 0. The van der Waals surface area contributed by atoms with Crippen LogP contribution in [0.25, 0.3) is 0 Å². The van der Waals surface area contributed by atoms with E-state index in [2.05, 4.69) is 86.7 Å². The number of aryl methyl sites for hydroxylation is 2. The van der Waals surface area contributed by atoms with Gasteiger partial charge in [-0.3, -0.25) is 0 Å². The van der Waals surface area contributed by atoms with E-state index in [9.17, 15) is 0 Å². The first-order valence-electron chi connectivity index (χ1n) is 14.1. The average Bonchev–Trinajstić information content (AvgIpc) is 3.02. The fourth-order valence-electron chi connectivity index (χ4n) is 4.86. The van der Waals surface area contributed by atoms with E-state index in [0.717, 1.165) is 23.7 Å². The molecule has 0 saturated heterocycles. The van der Waals surface area contributed by atoms with Crippen molar-refractivity contribution in [3.05, 3.63) is 162 Å². The van der Waals surface area contributed by atoms with Crippen LogP contribution in [0.2, 0.25) is 0 Å². The number of hydrogen-bond acceptors (Lipinski definition) is 3. The third kappa shape index (κ3) is 6.84. The first kappa shape index (κ1) is 28.0. The minimum atomic E-state index is -0.205. The summed E-state index contributed by atoms with van der Waals surface area (Å²) in [6.07, 6.45) is 7.74. The molecule has 2 nitrogen and oxygen atoms in total. The van der Waals surface area contributed by atoms with Crippen LogP contribution >= 0.6 is 11.8 Å². The van der Waals surface area contributed by atoms with Crippen LogP contribution < -0.4 is 9.47 Å². The summed E-state index contributed by atoms with van der Waals surface area (Å²) in [5.74, 6) is 2.59. The maximum atomic E-state index is 6.21. The lowest BCUT2D eigenvalue weighted by atomic mass is 10.1. The number of para-hydroxylation sites is 2. The Kier molecular flexibility index (Phi) is 8.83. The van der Waals surface area contributed by atoms with Gasteiger partial charge in [0.2, 0.25) is 0 Å². The second-order valence-corrected chi connectivity index (χ2v) is 13.3. The van der Waals surface area contributed by atoms with E-state index in [1.54, 1.807) is 11.8 Å². The lowest BCUT2D eigenvalue weighted by Crippen LogP contribution is -2.17. The van der Waals surface area contributed by atoms with Crippen molar-refractivity contribution < 1.29 is 9.47 Å². The molecule has 42 heavy (non-hydrogen) atoms. The van der Waals surface area contributed by atoms with E-state index in [-0.39, 0.29) is 17.0 Å². The molecule has 0 amide bonds. The van der Waals surface area contributed by atoms with Crippen LogP contribution in [0.4, 0.5) is 0 Å². The Morgan fingerprint density at radius 2 is 1.33 bits per heavy atom. The van der Waals surface area contributed by atoms with Crippen LogP contribution in [0.1, 0.15) is 17.5 Å². The molecule has 1 aliphatic carbocycles. The van der Waals surface area contributed by atoms with Gasteiger partial charge in [-0.25, -0.2) is 0 Å². The second-order valence-electron chi connectivity index (χ2n) is 10.2. The molecule has 5 aromatic rings. The monoisotopic (exact) mass is 585 g/mol. The lowest BCUT2D eigenvalue weighted by molar-refractivity contribution is 0.251. The van der Waals surface area contributed by atoms with Crippen molar-refractivity contribution in [2.24, 2.45) is 0 Å². The van der Waals surface area contributed by atoms with Gasteiger partial charge in [-0.2, -0.15) is 0 Å². The third-order valence-electron chi connectivity index (χ3n) is 7.02. The molecule has 0 spiro atoms. The summed E-state index contributed by atoms with van der Waals surface area (Å²) in [7, 11) is -0.205. The van der Waals surface area contributed by atoms with Gasteiger partial charge in [-0.1, -0.05) is 66.4 Å². The molecule has 0 saturated carbocycles. The molecule has 0 heterocycles. The zero-order chi connectivity index (χ0) is 28.7. The molecule has 0 aromatic heterocycles. The topological polar surface area (TPSA) is 18.5 Å². The second kappa shape index (κ2) is 13.2. The van der Waals surface area contributed by atoms with Crippen molar-refractivity contribution in [1.82, 2.24) is 0 Å². The van der Waals surface area contributed by atoms with E-state index in [1.165, 1.54) is 35.6 Å². The van der Waals surface area contributed by atoms with Gasteiger partial charge < -0.3 is 9.47 Å². The normalized spacial score (nSPS) is 15.1. The first-order valence-corrected chi connectivity index (χ1v) is 16.2. The maximum Gasteiger partial charge on any atom is 0.169 e. The average molecular weight is 586 g/mol. The van der Waals surface area contributed by atoms with Gasteiger partial charge in [0.25, 0.3) is 0 Å². The highest BCUT2D eigenvalue weighted by atomic mass is 32.2. The first-order chi connectivity index (χ1) is 20.6.